The van der Waals surface area contributed by atoms with Crippen molar-refractivity contribution < 1.29 is 14.4 Å². The summed E-state index contributed by atoms with van der Waals surface area (Å²) in [6, 6.07) is 37.7. The Kier molecular flexibility index (Phi) is 9.12. The quantitative estimate of drug-likeness (QED) is 0.141. The predicted octanol–water partition coefficient (Wildman–Crippen LogP) is 8.36. The van der Waals surface area contributed by atoms with E-state index < -0.39 is 23.8 Å². The molecule has 0 bridgehead atoms. The maximum absolute atomic E-state index is 14.9. The molecule has 1 saturated carbocycles. The highest BCUT2D eigenvalue weighted by Crippen LogP contribution is 2.42. The van der Waals surface area contributed by atoms with Crippen LogP contribution in [-0.4, -0.2) is 17.7 Å². The van der Waals surface area contributed by atoms with Gasteiger partial charge in [0.2, 0.25) is 11.8 Å². The molecule has 1 aliphatic heterocycles. The largest absolute Gasteiger partial charge is 0.369 e. The second-order valence-electron chi connectivity index (χ2n) is 13.4. The Morgan fingerprint density at radius 2 is 1.53 bits per heavy atom. The van der Waals surface area contributed by atoms with Crippen molar-refractivity contribution in [2.45, 2.75) is 44.7 Å². The van der Waals surface area contributed by atoms with E-state index in [9.17, 15) is 14.4 Å². The molecule has 49 heavy (non-hydrogen) atoms. The molecule has 5 aromatic rings. The molecule has 1 aliphatic carbocycles. The third-order valence-corrected chi connectivity index (χ3v) is 10.3. The standard InChI is InChI=1S/C43H41N3O3/c1-2-11-37(41(44)47)38(25-28-12-9-13-28)42(48)45-40-36-20-6-5-18-34(36)35-19-7-8-21-39(35)46(43(40)49)27-29-14-10-17-31(24-29)33-23-22-30-15-3-4-16-32(30)26-33/h2-8,10,14-24,26,28,37-38,40H,1,9,11-13,25,27H2,(H2,44,47)(H,45,48). The number of para-hydroxylation sites is 1. The molecule has 0 radical (unpaired) electrons. The molecule has 6 heteroatoms. The number of nitrogens with one attached hydrogen (secondary N) is 1. The minimum absolute atomic E-state index is 0.233. The van der Waals surface area contributed by atoms with E-state index in [2.05, 4.69) is 54.4 Å². The molecule has 3 N–H and O–H groups in total. The average molecular weight is 648 g/mol. The Morgan fingerprint density at radius 3 is 2.29 bits per heavy atom. The predicted molar refractivity (Wildman–Crippen MR) is 196 cm³/mol. The number of nitrogens with zero attached hydrogens (tertiary/aromatic N) is 1. The SMILES string of the molecule is C=CCC(C(N)=O)C(CC1CCC1)C(=O)NC1C(=O)N(Cc2cccc(-c3ccc4ccccc4c3)c2)c2ccccc2-c2ccccc21. The molecule has 0 aromatic heterocycles. The van der Waals surface area contributed by atoms with E-state index in [1.54, 1.807) is 11.0 Å². The van der Waals surface area contributed by atoms with Gasteiger partial charge < -0.3 is 16.0 Å². The van der Waals surface area contributed by atoms with Crippen LogP contribution >= 0.6 is 0 Å². The number of anilines is 1. The molecule has 7 rings (SSSR count). The number of hydrogen-bond acceptors (Lipinski definition) is 3. The van der Waals surface area contributed by atoms with Gasteiger partial charge in [-0.25, -0.2) is 0 Å². The van der Waals surface area contributed by atoms with Crippen molar-refractivity contribution in [1.82, 2.24) is 5.32 Å². The van der Waals surface area contributed by atoms with E-state index >= 15 is 0 Å². The van der Waals surface area contributed by atoms with Crippen molar-refractivity contribution in [2.24, 2.45) is 23.5 Å². The molecular formula is C43H41N3O3. The highest BCUT2D eigenvalue weighted by atomic mass is 16.2. The van der Waals surface area contributed by atoms with Gasteiger partial charge in [-0.05, 0) is 75.5 Å². The molecule has 0 saturated heterocycles. The fourth-order valence-corrected chi connectivity index (χ4v) is 7.49. The van der Waals surface area contributed by atoms with Crippen LogP contribution in [0.4, 0.5) is 5.69 Å². The fraction of sp³-hybridized carbons (Fsp3) is 0.233. The first kappa shape index (κ1) is 32.1. The van der Waals surface area contributed by atoms with Gasteiger partial charge in [0.05, 0.1) is 24.1 Å². The Balaban J connectivity index is 1.25. The maximum Gasteiger partial charge on any atom is 0.254 e. The Bertz CT molecular complexity index is 2050. The number of hydrogen-bond donors (Lipinski definition) is 2. The van der Waals surface area contributed by atoms with Crippen LogP contribution in [0, 0.1) is 17.8 Å². The van der Waals surface area contributed by atoms with Crippen LogP contribution < -0.4 is 16.0 Å². The minimum atomic E-state index is -0.957. The Hall–Kier alpha value is -5.49. The molecule has 1 fully saturated rings. The van der Waals surface area contributed by atoms with E-state index in [1.807, 2.05) is 72.8 Å². The van der Waals surface area contributed by atoms with Crippen molar-refractivity contribution in [3.8, 4) is 22.3 Å². The summed E-state index contributed by atoms with van der Waals surface area (Å²) in [6.07, 6.45) is 5.67. The lowest BCUT2D eigenvalue weighted by atomic mass is 9.74. The Labute approximate surface area is 287 Å². The highest BCUT2D eigenvalue weighted by molar-refractivity contribution is 6.06. The molecule has 1 heterocycles. The number of nitrogens with two attached hydrogens (primary N) is 1. The zero-order chi connectivity index (χ0) is 33.9. The first-order valence-electron chi connectivity index (χ1n) is 17.2. The van der Waals surface area contributed by atoms with Gasteiger partial charge in [0.1, 0.15) is 6.04 Å². The normalized spacial score (nSPS) is 16.9. The van der Waals surface area contributed by atoms with Crippen LogP contribution in [0.5, 0.6) is 0 Å². The number of rotatable bonds is 11. The summed E-state index contributed by atoms with van der Waals surface area (Å²) >= 11 is 0. The van der Waals surface area contributed by atoms with E-state index in [0.29, 0.717) is 25.3 Å². The number of allylic oxidation sites excluding steroid dienone is 1. The third-order valence-electron chi connectivity index (χ3n) is 10.3. The van der Waals surface area contributed by atoms with Gasteiger partial charge in [0.15, 0.2) is 0 Å². The summed E-state index contributed by atoms with van der Waals surface area (Å²) in [4.78, 5) is 43.6. The topological polar surface area (TPSA) is 92.5 Å². The second kappa shape index (κ2) is 13.9. The number of amides is 3. The lowest BCUT2D eigenvalue weighted by Gasteiger charge is -2.33. The van der Waals surface area contributed by atoms with Crippen molar-refractivity contribution in [3.05, 3.63) is 139 Å². The van der Waals surface area contributed by atoms with Gasteiger partial charge in [0, 0.05) is 5.56 Å². The molecule has 5 aromatic carbocycles. The molecule has 3 unspecified atom stereocenters. The molecule has 246 valence electrons. The number of fused-ring (bicyclic) bond motifs is 4. The monoisotopic (exact) mass is 647 g/mol. The summed E-state index contributed by atoms with van der Waals surface area (Å²) in [5.41, 5.74) is 12.3. The van der Waals surface area contributed by atoms with Gasteiger partial charge in [0.25, 0.3) is 5.91 Å². The van der Waals surface area contributed by atoms with Gasteiger partial charge in [-0.1, -0.05) is 122 Å². The second-order valence-corrected chi connectivity index (χ2v) is 13.4. The first-order chi connectivity index (χ1) is 23.9. The van der Waals surface area contributed by atoms with E-state index in [0.717, 1.165) is 58.3 Å². The molecule has 3 amide bonds. The molecule has 3 atom stereocenters. The number of carbonyl (C=O) groups is 3. The third kappa shape index (κ3) is 6.51. The van der Waals surface area contributed by atoms with Crippen LogP contribution in [0.25, 0.3) is 33.0 Å². The summed E-state index contributed by atoms with van der Waals surface area (Å²) in [5.74, 6) is -2.07. The van der Waals surface area contributed by atoms with E-state index in [4.69, 9.17) is 5.73 Å². The first-order valence-corrected chi connectivity index (χ1v) is 17.2. The van der Waals surface area contributed by atoms with E-state index in [-0.39, 0.29) is 11.8 Å². The van der Waals surface area contributed by atoms with Crippen LogP contribution in [-0.2, 0) is 20.9 Å². The molecular weight excluding hydrogens is 606 g/mol. The zero-order valence-electron chi connectivity index (χ0n) is 27.6. The number of primary amides is 1. The van der Waals surface area contributed by atoms with E-state index in [1.165, 1.54) is 10.8 Å². The van der Waals surface area contributed by atoms with Crippen molar-refractivity contribution in [2.75, 3.05) is 4.90 Å². The zero-order valence-corrected chi connectivity index (χ0v) is 27.6. The highest BCUT2D eigenvalue weighted by Gasteiger charge is 2.40. The van der Waals surface area contributed by atoms with Gasteiger partial charge in [-0.15, -0.1) is 6.58 Å². The summed E-state index contributed by atoms with van der Waals surface area (Å²) in [7, 11) is 0. The molecule has 0 spiro atoms. The lowest BCUT2D eigenvalue weighted by molar-refractivity contribution is -0.136. The van der Waals surface area contributed by atoms with Gasteiger partial charge >= 0.3 is 0 Å². The summed E-state index contributed by atoms with van der Waals surface area (Å²) in [5, 5.41) is 5.50. The van der Waals surface area contributed by atoms with Gasteiger partial charge in [-0.2, -0.15) is 0 Å². The average Bonchev–Trinajstić information content (AvgIpc) is 3.20. The Morgan fingerprint density at radius 1 is 0.816 bits per heavy atom. The van der Waals surface area contributed by atoms with Crippen molar-refractivity contribution >= 4 is 34.2 Å². The van der Waals surface area contributed by atoms with Crippen LogP contribution in [0.3, 0.4) is 0 Å². The van der Waals surface area contributed by atoms with Crippen LogP contribution in [0.15, 0.2) is 128 Å². The molecule has 6 nitrogen and oxygen atoms in total. The van der Waals surface area contributed by atoms with Crippen LogP contribution in [0.1, 0.15) is 49.3 Å². The summed E-state index contributed by atoms with van der Waals surface area (Å²) in [6.45, 7) is 4.13. The molecule has 2 aliphatic rings. The van der Waals surface area contributed by atoms with Gasteiger partial charge in [-0.3, -0.25) is 14.4 Å². The fourth-order valence-electron chi connectivity index (χ4n) is 7.49. The lowest BCUT2D eigenvalue weighted by Crippen LogP contribution is -2.47. The van der Waals surface area contributed by atoms with Crippen molar-refractivity contribution in [1.29, 1.82) is 0 Å². The maximum atomic E-state index is 14.9. The van der Waals surface area contributed by atoms with Crippen LogP contribution in [0.2, 0.25) is 0 Å². The number of benzene rings is 5. The minimum Gasteiger partial charge on any atom is -0.369 e. The smallest absolute Gasteiger partial charge is 0.254 e. The van der Waals surface area contributed by atoms with Crippen molar-refractivity contribution in [3.63, 3.8) is 0 Å². The number of carbonyl (C=O) groups excluding carboxylic acids is 3. The summed E-state index contributed by atoms with van der Waals surface area (Å²) < 4.78 is 0.